The Morgan fingerprint density at radius 1 is 0.629 bits per heavy atom. The fourth-order valence-electron chi connectivity index (χ4n) is 5.21. The minimum atomic E-state index is 0.0248. The van der Waals surface area contributed by atoms with Crippen LogP contribution in [-0.4, -0.2) is 6.71 Å². The van der Waals surface area contributed by atoms with E-state index in [4.69, 9.17) is 14.2 Å². The van der Waals surface area contributed by atoms with E-state index in [1.807, 2.05) is 54.6 Å². The first kappa shape index (κ1) is 20.0. The Morgan fingerprint density at radius 3 is 2.26 bits per heavy atom. The summed E-state index contributed by atoms with van der Waals surface area (Å²) in [5.74, 6) is 4.75. The summed E-state index contributed by atoms with van der Waals surface area (Å²) >= 11 is 0. The summed E-state index contributed by atoms with van der Waals surface area (Å²) in [7, 11) is 0. The molecule has 2 aliphatic rings. The van der Waals surface area contributed by atoms with Gasteiger partial charge >= 0.3 is 0 Å². The third kappa shape index (κ3) is 3.22. The molecule has 7 rings (SSSR count). The standard InChI is InChI=1S/C31H21BO3/c1-20-9-2-3-12-23(20)21-10-6-11-22(19-21)33-29-18-7-14-25-31(29)35-28-17-8-16-27-30(28)32(25)24-13-4-5-15-26(24)34-27/h2-19H,1H3. The molecule has 0 N–H and O–H groups in total. The zero-order chi connectivity index (χ0) is 23.4. The van der Waals surface area contributed by atoms with E-state index in [1.54, 1.807) is 0 Å². The minimum absolute atomic E-state index is 0.0248. The average molecular weight is 452 g/mol. The largest absolute Gasteiger partial charge is 0.458 e. The molecular weight excluding hydrogens is 431 g/mol. The Morgan fingerprint density at radius 2 is 1.34 bits per heavy atom. The van der Waals surface area contributed by atoms with E-state index in [1.165, 1.54) is 11.1 Å². The molecule has 0 unspecified atom stereocenters. The van der Waals surface area contributed by atoms with Crippen molar-refractivity contribution in [2.75, 3.05) is 0 Å². The van der Waals surface area contributed by atoms with Crippen LogP contribution in [0.5, 0.6) is 34.5 Å². The molecule has 0 bridgehead atoms. The molecule has 5 aromatic carbocycles. The topological polar surface area (TPSA) is 27.7 Å². The van der Waals surface area contributed by atoms with Crippen molar-refractivity contribution in [3.8, 4) is 45.6 Å². The van der Waals surface area contributed by atoms with Crippen molar-refractivity contribution in [1.82, 2.24) is 0 Å². The van der Waals surface area contributed by atoms with Crippen LogP contribution in [0.1, 0.15) is 5.56 Å². The number of benzene rings is 5. The molecule has 0 fully saturated rings. The van der Waals surface area contributed by atoms with Crippen molar-refractivity contribution in [2.45, 2.75) is 6.92 Å². The molecule has 0 spiro atoms. The van der Waals surface area contributed by atoms with Gasteiger partial charge in [-0.3, -0.25) is 0 Å². The molecule has 3 nitrogen and oxygen atoms in total. The first-order chi connectivity index (χ1) is 17.3. The van der Waals surface area contributed by atoms with Crippen molar-refractivity contribution in [3.05, 3.63) is 115 Å². The number of aryl methyl sites for hydroxylation is 1. The molecule has 0 aliphatic carbocycles. The van der Waals surface area contributed by atoms with E-state index in [-0.39, 0.29) is 6.71 Å². The number of para-hydroxylation sites is 2. The molecule has 2 heterocycles. The molecule has 2 aliphatic heterocycles. The molecule has 0 radical (unpaired) electrons. The molecule has 166 valence electrons. The molecule has 4 heteroatoms. The lowest BCUT2D eigenvalue weighted by atomic mass is 9.35. The van der Waals surface area contributed by atoms with Gasteiger partial charge < -0.3 is 14.2 Å². The van der Waals surface area contributed by atoms with Crippen LogP contribution >= 0.6 is 0 Å². The van der Waals surface area contributed by atoms with Gasteiger partial charge in [0.1, 0.15) is 23.0 Å². The second-order valence-corrected chi connectivity index (χ2v) is 8.96. The monoisotopic (exact) mass is 452 g/mol. The van der Waals surface area contributed by atoms with Crippen molar-refractivity contribution in [2.24, 2.45) is 0 Å². The predicted molar refractivity (Wildman–Crippen MR) is 141 cm³/mol. The van der Waals surface area contributed by atoms with Gasteiger partial charge in [0, 0.05) is 5.46 Å². The van der Waals surface area contributed by atoms with Gasteiger partial charge in [-0.05, 0) is 70.9 Å². The summed E-state index contributed by atoms with van der Waals surface area (Å²) in [6, 6.07) is 36.9. The zero-order valence-corrected chi connectivity index (χ0v) is 19.2. The molecule has 0 amide bonds. The molecule has 0 atom stereocenters. The summed E-state index contributed by atoms with van der Waals surface area (Å²) in [6.07, 6.45) is 0. The van der Waals surface area contributed by atoms with Gasteiger partial charge in [0.05, 0.1) is 0 Å². The highest BCUT2D eigenvalue weighted by Gasteiger charge is 2.40. The molecule has 0 saturated heterocycles. The highest BCUT2D eigenvalue weighted by molar-refractivity contribution is 6.98. The van der Waals surface area contributed by atoms with Crippen LogP contribution in [0.2, 0.25) is 0 Å². The summed E-state index contributed by atoms with van der Waals surface area (Å²) in [5.41, 5.74) is 6.83. The maximum Gasteiger partial charge on any atom is 0.260 e. The van der Waals surface area contributed by atoms with Gasteiger partial charge in [0.25, 0.3) is 6.71 Å². The Balaban J connectivity index is 1.33. The maximum absolute atomic E-state index is 6.47. The fraction of sp³-hybridized carbons (Fsp3) is 0.0323. The molecular formula is C31H21BO3. The van der Waals surface area contributed by atoms with E-state index >= 15 is 0 Å². The Bertz CT molecular complexity index is 1610. The fourth-order valence-corrected chi connectivity index (χ4v) is 5.21. The highest BCUT2D eigenvalue weighted by atomic mass is 16.5. The normalized spacial score (nSPS) is 12.5. The van der Waals surface area contributed by atoms with Crippen molar-refractivity contribution >= 4 is 23.1 Å². The summed E-state index contributed by atoms with van der Waals surface area (Å²) in [6.45, 7) is 2.15. The van der Waals surface area contributed by atoms with E-state index < -0.39 is 0 Å². The Labute approximate surface area is 204 Å². The Kier molecular flexibility index (Phi) is 4.46. The molecule has 5 aromatic rings. The van der Waals surface area contributed by atoms with Crippen LogP contribution in [-0.2, 0) is 0 Å². The lowest BCUT2D eigenvalue weighted by Crippen LogP contribution is -2.57. The van der Waals surface area contributed by atoms with Crippen molar-refractivity contribution < 1.29 is 14.2 Å². The van der Waals surface area contributed by atoms with Crippen molar-refractivity contribution in [3.63, 3.8) is 0 Å². The smallest absolute Gasteiger partial charge is 0.260 e. The summed E-state index contributed by atoms with van der Waals surface area (Å²) in [4.78, 5) is 0. The third-order valence-electron chi connectivity index (χ3n) is 6.82. The van der Waals surface area contributed by atoms with Gasteiger partial charge in [-0.1, -0.05) is 72.8 Å². The van der Waals surface area contributed by atoms with Crippen LogP contribution in [0.4, 0.5) is 0 Å². The van der Waals surface area contributed by atoms with Crippen LogP contribution in [0.25, 0.3) is 11.1 Å². The summed E-state index contributed by atoms with van der Waals surface area (Å²) < 4.78 is 19.2. The quantitative estimate of drug-likeness (QED) is 0.300. The molecule has 35 heavy (non-hydrogen) atoms. The van der Waals surface area contributed by atoms with Gasteiger partial charge in [0.15, 0.2) is 11.5 Å². The van der Waals surface area contributed by atoms with Gasteiger partial charge in [-0.25, -0.2) is 0 Å². The minimum Gasteiger partial charge on any atom is -0.458 e. The SMILES string of the molecule is Cc1ccccc1-c1cccc(Oc2cccc3c2Oc2cccc4c2B3c2ccccc2O4)c1. The summed E-state index contributed by atoms with van der Waals surface area (Å²) in [5, 5.41) is 0. The third-order valence-corrected chi connectivity index (χ3v) is 6.82. The van der Waals surface area contributed by atoms with Crippen LogP contribution in [0, 0.1) is 6.92 Å². The second-order valence-electron chi connectivity index (χ2n) is 8.96. The lowest BCUT2D eigenvalue weighted by molar-refractivity contribution is 0.418. The molecule has 0 saturated carbocycles. The van der Waals surface area contributed by atoms with Crippen LogP contribution in [0.15, 0.2) is 109 Å². The van der Waals surface area contributed by atoms with Crippen LogP contribution < -0.4 is 30.6 Å². The van der Waals surface area contributed by atoms with E-state index in [9.17, 15) is 0 Å². The van der Waals surface area contributed by atoms with Gasteiger partial charge in [0.2, 0.25) is 0 Å². The number of fused-ring (bicyclic) bond motifs is 4. The average Bonchev–Trinajstić information content (AvgIpc) is 2.89. The van der Waals surface area contributed by atoms with E-state index in [2.05, 4.69) is 61.5 Å². The van der Waals surface area contributed by atoms with E-state index in [0.29, 0.717) is 5.75 Å². The Hall–Kier alpha value is -4.44. The second kappa shape index (κ2) is 7.81. The van der Waals surface area contributed by atoms with Crippen LogP contribution in [0.3, 0.4) is 0 Å². The lowest BCUT2D eigenvalue weighted by Gasteiger charge is -2.33. The van der Waals surface area contributed by atoms with Gasteiger partial charge in [-0.2, -0.15) is 0 Å². The van der Waals surface area contributed by atoms with Gasteiger partial charge in [-0.15, -0.1) is 0 Å². The molecule has 0 aromatic heterocycles. The van der Waals surface area contributed by atoms with E-state index in [0.717, 1.165) is 50.7 Å². The number of ether oxygens (including phenoxy) is 3. The highest BCUT2D eigenvalue weighted by Crippen LogP contribution is 2.40. The first-order valence-corrected chi connectivity index (χ1v) is 11.8. The van der Waals surface area contributed by atoms with Crippen molar-refractivity contribution in [1.29, 1.82) is 0 Å². The number of rotatable bonds is 3. The first-order valence-electron chi connectivity index (χ1n) is 11.8. The predicted octanol–water partition coefficient (Wildman–Crippen LogP) is 6.18. The number of hydrogen-bond donors (Lipinski definition) is 0. The maximum atomic E-state index is 6.47. The zero-order valence-electron chi connectivity index (χ0n) is 19.2. The number of hydrogen-bond acceptors (Lipinski definition) is 3.